The zero-order valence-corrected chi connectivity index (χ0v) is 12.0. The topological polar surface area (TPSA) is 33.7 Å². The molecule has 2 aliphatic rings. The van der Waals surface area contributed by atoms with E-state index in [1.54, 1.807) is 0 Å². The third kappa shape index (κ3) is 3.79. The molecule has 2 aliphatic heterocycles. The van der Waals surface area contributed by atoms with Crippen LogP contribution in [0.15, 0.2) is 24.3 Å². The van der Waals surface area contributed by atoms with Crippen molar-refractivity contribution in [2.24, 2.45) is 0 Å². The number of nitrogens with one attached hydrogen (secondary N) is 1. The van der Waals surface area contributed by atoms with Gasteiger partial charge in [0.25, 0.3) is 0 Å². The Balaban J connectivity index is 1.50. The van der Waals surface area contributed by atoms with Crippen molar-refractivity contribution >= 4 is 0 Å². The van der Waals surface area contributed by atoms with E-state index in [1.165, 1.54) is 11.1 Å². The van der Waals surface area contributed by atoms with Gasteiger partial charge in [-0.2, -0.15) is 0 Å². The fourth-order valence-corrected chi connectivity index (χ4v) is 2.79. The lowest BCUT2D eigenvalue weighted by Gasteiger charge is -2.26. The van der Waals surface area contributed by atoms with Crippen LogP contribution in [0.1, 0.15) is 17.2 Å². The van der Waals surface area contributed by atoms with Crippen molar-refractivity contribution in [3.8, 4) is 0 Å². The second kappa shape index (κ2) is 7.18. The summed E-state index contributed by atoms with van der Waals surface area (Å²) in [5, 5.41) is 3.37. The van der Waals surface area contributed by atoms with Gasteiger partial charge >= 0.3 is 0 Å². The minimum Gasteiger partial charge on any atom is -0.379 e. The fraction of sp³-hybridized carbons (Fsp3) is 0.625. The number of ether oxygens (including phenoxy) is 2. The smallest absolute Gasteiger partial charge is 0.0949 e. The van der Waals surface area contributed by atoms with Crippen LogP contribution in [0.5, 0.6) is 0 Å². The first kappa shape index (κ1) is 14.0. The highest BCUT2D eigenvalue weighted by Crippen LogP contribution is 2.19. The van der Waals surface area contributed by atoms with Crippen LogP contribution in [0.4, 0.5) is 0 Å². The molecular formula is C16H24N2O2. The Bertz CT molecular complexity index is 395. The normalized spacial score (nSPS) is 24.7. The maximum absolute atomic E-state index is 5.77. The first-order chi connectivity index (χ1) is 9.92. The van der Waals surface area contributed by atoms with Gasteiger partial charge in [0.15, 0.2) is 0 Å². The summed E-state index contributed by atoms with van der Waals surface area (Å²) in [6.07, 6.45) is 1.33. The molecule has 3 rings (SSSR count). The van der Waals surface area contributed by atoms with E-state index in [0.29, 0.717) is 0 Å². The standard InChI is InChI=1S/C16H24N2O2/c1-3-15(16-13-17-6-10-20-16)4-2-14(1)5-7-18-8-11-19-12-9-18/h1-4,16-17H,5-13H2. The zero-order valence-electron chi connectivity index (χ0n) is 12.0. The van der Waals surface area contributed by atoms with Crippen LogP contribution in [0.25, 0.3) is 0 Å². The Kier molecular flexibility index (Phi) is 5.03. The molecule has 1 aromatic carbocycles. The third-order valence-electron chi connectivity index (χ3n) is 4.10. The molecule has 110 valence electrons. The summed E-state index contributed by atoms with van der Waals surface area (Å²) in [4.78, 5) is 2.48. The molecule has 0 spiro atoms. The molecule has 1 N–H and O–H groups in total. The molecule has 2 fully saturated rings. The number of morpholine rings is 2. The second-order valence-electron chi connectivity index (χ2n) is 5.51. The highest BCUT2D eigenvalue weighted by Gasteiger charge is 2.15. The Morgan fingerprint density at radius 1 is 1.10 bits per heavy atom. The van der Waals surface area contributed by atoms with Crippen LogP contribution in [0.2, 0.25) is 0 Å². The van der Waals surface area contributed by atoms with Crippen molar-refractivity contribution in [3.05, 3.63) is 35.4 Å². The van der Waals surface area contributed by atoms with Crippen molar-refractivity contribution in [3.63, 3.8) is 0 Å². The Hall–Kier alpha value is -0.940. The first-order valence-corrected chi connectivity index (χ1v) is 7.63. The van der Waals surface area contributed by atoms with E-state index in [1.807, 2.05) is 0 Å². The lowest BCUT2D eigenvalue weighted by molar-refractivity contribution is 0.0277. The Morgan fingerprint density at radius 3 is 2.60 bits per heavy atom. The molecule has 0 aliphatic carbocycles. The molecule has 0 saturated carbocycles. The first-order valence-electron chi connectivity index (χ1n) is 7.63. The molecule has 4 nitrogen and oxygen atoms in total. The van der Waals surface area contributed by atoms with Gasteiger partial charge in [-0.25, -0.2) is 0 Å². The number of rotatable bonds is 4. The molecule has 0 amide bonds. The third-order valence-corrected chi connectivity index (χ3v) is 4.10. The average Bonchev–Trinajstić information content (AvgIpc) is 2.55. The van der Waals surface area contributed by atoms with Gasteiger partial charge in [0.1, 0.15) is 0 Å². The molecule has 4 heteroatoms. The molecule has 20 heavy (non-hydrogen) atoms. The zero-order chi connectivity index (χ0) is 13.6. The van der Waals surface area contributed by atoms with E-state index >= 15 is 0 Å². The van der Waals surface area contributed by atoms with Crippen LogP contribution in [-0.2, 0) is 15.9 Å². The summed E-state index contributed by atoms with van der Waals surface area (Å²) in [7, 11) is 0. The monoisotopic (exact) mass is 276 g/mol. The quantitative estimate of drug-likeness (QED) is 0.896. The number of nitrogens with zero attached hydrogens (tertiary/aromatic N) is 1. The summed E-state index contributed by atoms with van der Waals surface area (Å²) < 4.78 is 11.1. The van der Waals surface area contributed by atoms with Crippen molar-refractivity contribution in [2.45, 2.75) is 12.5 Å². The summed E-state index contributed by atoms with van der Waals surface area (Å²) >= 11 is 0. The van der Waals surface area contributed by atoms with Gasteiger partial charge in [-0.15, -0.1) is 0 Å². The minimum absolute atomic E-state index is 0.219. The van der Waals surface area contributed by atoms with Crippen LogP contribution in [-0.4, -0.2) is 57.4 Å². The van der Waals surface area contributed by atoms with Crippen LogP contribution >= 0.6 is 0 Å². The molecule has 2 heterocycles. The van der Waals surface area contributed by atoms with Gasteiger partial charge in [0.2, 0.25) is 0 Å². The van der Waals surface area contributed by atoms with Crippen molar-refractivity contribution in [1.29, 1.82) is 0 Å². The Morgan fingerprint density at radius 2 is 1.90 bits per heavy atom. The molecule has 1 unspecified atom stereocenters. The molecule has 2 saturated heterocycles. The summed E-state index contributed by atoms with van der Waals surface area (Å²) in [6.45, 7) is 7.73. The fourth-order valence-electron chi connectivity index (χ4n) is 2.79. The number of hydrogen-bond acceptors (Lipinski definition) is 4. The minimum atomic E-state index is 0.219. The molecule has 0 radical (unpaired) electrons. The van der Waals surface area contributed by atoms with Gasteiger partial charge in [0, 0.05) is 32.7 Å². The molecule has 1 aromatic rings. The second-order valence-corrected chi connectivity index (χ2v) is 5.51. The highest BCUT2D eigenvalue weighted by atomic mass is 16.5. The summed E-state index contributed by atoms with van der Waals surface area (Å²) in [5.41, 5.74) is 2.69. The van der Waals surface area contributed by atoms with Gasteiger partial charge in [-0.3, -0.25) is 4.90 Å². The molecular weight excluding hydrogens is 252 g/mol. The van der Waals surface area contributed by atoms with Crippen LogP contribution in [0, 0.1) is 0 Å². The van der Waals surface area contributed by atoms with Gasteiger partial charge in [0.05, 0.1) is 25.9 Å². The lowest BCUT2D eigenvalue weighted by atomic mass is 10.0. The van der Waals surface area contributed by atoms with E-state index in [2.05, 4.69) is 34.5 Å². The maximum atomic E-state index is 5.77. The maximum Gasteiger partial charge on any atom is 0.0949 e. The van der Waals surface area contributed by atoms with E-state index < -0.39 is 0 Å². The largest absolute Gasteiger partial charge is 0.379 e. The number of benzene rings is 1. The highest BCUT2D eigenvalue weighted by molar-refractivity contribution is 5.25. The van der Waals surface area contributed by atoms with Gasteiger partial charge < -0.3 is 14.8 Å². The SMILES string of the molecule is c1cc(C2CNCCO2)ccc1CCN1CCOCC1. The van der Waals surface area contributed by atoms with Gasteiger partial charge in [-0.05, 0) is 17.5 Å². The van der Waals surface area contributed by atoms with Crippen LogP contribution in [0.3, 0.4) is 0 Å². The van der Waals surface area contributed by atoms with E-state index in [-0.39, 0.29) is 6.10 Å². The summed E-state index contributed by atoms with van der Waals surface area (Å²) in [6, 6.07) is 8.92. The summed E-state index contributed by atoms with van der Waals surface area (Å²) in [5.74, 6) is 0. The van der Waals surface area contributed by atoms with E-state index in [0.717, 1.165) is 59.0 Å². The van der Waals surface area contributed by atoms with Crippen molar-refractivity contribution in [1.82, 2.24) is 10.2 Å². The molecule has 1 atom stereocenters. The van der Waals surface area contributed by atoms with Gasteiger partial charge in [-0.1, -0.05) is 24.3 Å². The van der Waals surface area contributed by atoms with Crippen LogP contribution < -0.4 is 5.32 Å². The van der Waals surface area contributed by atoms with Crippen molar-refractivity contribution in [2.75, 3.05) is 52.5 Å². The van der Waals surface area contributed by atoms with E-state index in [4.69, 9.17) is 9.47 Å². The number of hydrogen-bond donors (Lipinski definition) is 1. The van der Waals surface area contributed by atoms with Crippen molar-refractivity contribution < 1.29 is 9.47 Å². The predicted molar refractivity (Wildman–Crippen MR) is 79.0 cm³/mol. The average molecular weight is 276 g/mol. The van der Waals surface area contributed by atoms with E-state index in [9.17, 15) is 0 Å². The molecule has 0 aromatic heterocycles. The lowest BCUT2D eigenvalue weighted by Crippen LogP contribution is -2.37. The Labute approximate surface area is 121 Å². The predicted octanol–water partition coefficient (Wildman–Crippen LogP) is 1.22. The molecule has 0 bridgehead atoms.